The van der Waals surface area contributed by atoms with E-state index in [1.54, 1.807) is 0 Å². The monoisotopic (exact) mass is 228 g/mol. The van der Waals surface area contributed by atoms with Gasteiger partial charge in [0.15, 0.2) is 0 Å². The van der Waals surface area contributed by atoms with Crippen molar-refractivity contribution in [1.82, 2.24) is 0 Å². The highest BCUT2D eigenvalue weighted by Gasteiger charge is 2.44. The number of benzene rings is 1. The summed E-state index contributed by atoms with van der Waals surface area (Å²) in [5.74, 6) is -0.747. The van der Waals surface area contributed by atoms with Gasteiger partial charge >= 0.3 is 5.97 Å². The number of hydrogen-bond donors (Lipinski definition) is 1. The van der Waals surface area contributed by atoms with Crippen LogP contribution in [0.4, 0.5) is 0 Å². The molecule has 0 unspecified atom stereocenters. The fourth-order valence-electron chi connectivity index (χ4n) is 3.46. The van der Waals surface area contributed by atoms with Crippen LogP contribution in [-0.4, -0.2) is 11.1 Å². The lowest BCUT2D eigenvalue weighted by Gasteiger charge is -2.36. The van der Waals surface area contributed by atoms with Crippen molar-refractivity contribution in [3.63, 3.8) is 0 Å². The summed E-state index contributed by atoms with van der Waals surface area (Å²) >= 11 is 0. The minimum absolute atomic E-state index is 0.194. The van der Waals surface area contributed by atoms with Gasteiger partial charge in [0.1, 0.15) is 0 Å². The molecule has 1 N–H and O–H groups in total. The Balaban J connectivity index is 2.16. The van der Waals surface area contributed by atoms with Gasteiger partial charge in [-0.05, 0) is 30.0 Å². The van der Waals surface area contributed by atoms with E-state index in [-0.39, 0.29) is 5.41 Å². The average molecular weight is 228 g/mol. The largest absolute Gasteiger partial charge is 0.478 e. The second-order valence-corrected chi connectivity index (χ2v) is 5.09. The van der Waals surface area contributed by atoms with E-state index in [1.165, 1.54) is 12.0 Å². The third-order valence-electron chi connectivity index (χ3n) is 4.23. The summed E-state index contributed by atoms with van der Waals surface area (Å²) in [6.45, 7) is 0. The van der Waals surface area contributed by atoms with Crippen LogP contribution in [0.5, 0.6) is 0 Å². The molecule has 88 valence electrons. The number of aliphatic carboxylic acids is 1. The molecule has 0 radical (unpaired) electrons. The zero-order valence-electron chi connectivity index (χ0n) is 9.78. The Labute approximate surface area is 101 Å². The van der Waals surface area contributed by atoms with Gasteiger partial charge in [-0.2, -0.15) is 0 Å². The van der Waals surface area contributed by atoms with Gasteiger partial charge in [-0.1, -0.05) is 43.5 Å². The maximum Gasteiger partial charge on any atom is 0.332 e. The number of carbonyl (C=O) groups is 1. The zero-order chi connectivity index (χ0) is 11.9. The van der Waals surface area contributed by atoms with Gasteiger partial charge in [-0.15, -0.1) is 0 Å². The van der Waals surface area contributed by atoms with Crippen LogP contribution in [0.25, 0.3) is 6.08 Å². The molecule has 1 aromatic carbocycles. The average Bonchev–Trinajstić information content (AvgIpc) is 2.66. The Morgan fingerprint density at radius 2 is 1.82 bits per heavy atom. The van der Waals surface area contributed by atoms with Crippen molar-refractivity contribution in [2.75, 3.05) is 0 Å². The van der Waals surface area contributed by atoms with Crippen molar-refractivity contribution in [2.24, 2.45) is 0 Å². The van der Waals surface area contributed by atoms with Crippen molar-refractivity contribution >= 4 is 12.0 Å². The molecule has 0 aromatic heterocycles. The van der Waals surface area contributed by atoms with Crippen molar-refractivity contribution in [1.29, 1.82) is 0 Å². The summed E-state index contributed by atoms with van der Waals surface area (Å²) < 4.78 is 0. The number of rotatable bonds is 1. The summed E-state index contributed by atoms with van der Waals surface area (Å²) in [5, 5.41) is 9.43. The Hall–Kier alpha value is -1.57. The van der Waals surface area contributed by atoms with E-state index in [0.717, 1.165) is 31.2 Å². The molecule has 0 atom stereocenters. The van der Waals surface area contributed by atoms with Crippen LogP contribution in [0.1, 0.15) is 43.2 Å². The van der Waals surface area contributed by atoms with E-state index in [4.69, 9.17) is 0 Å². The molecule has 17 heavy (non-hydrogen) atoms. The summed E-state index contributed by atoms with van der Waals surface area (Å²) in [6, 6.07) is 8.14. The van der Waals surface area contributed by atoms with Crippen LogP contribution in [0.15, 0.2) is 29.8 Å². The lowest BCUT2D eigenvalue weighted by molar-refractivity contribution is -0.133. The van der Waals surface area contributed by atoms with Gasteiger partial charge < -0.3 is 5.11 Å². The highest BCUT2D eigenvalue weighted by atomic mass is 16.4. The maximum atomic E-state index is 11.5. The molecule has 2 heteroatoms. The molecule has 1 spiro atoms. The van der Waals surface area contributed by atoms with E-state index >= 15 is 0 Å². The van der Waals surface area contributed by atoms with Crippen LogP contribution in [-0.2, 0) is 10.2 Å². The highest BCUT2D eigenvalue weighted by molar-refractivity contribution is 5.98. The lowest BCUT2D eigenvalue weighted by atomic mass is 9.67. The topological polar surface area (TPSA) is 37.3 Å². The molecule has 0 amide bonds. The van der Waals surface area contributed by atoms with Crippen LogP contribution < -0.4 is 0 Å². The van der Waals surface area contributed by atoms with Crippen LogP contribution >= 0.6 is 0 Å². The first kappa shape index (κ1) is 10.6. The summed E-state index contributed by atoms with van der Waals surface area (Å²) in [5.41, 5.74) is 2.75. The molecule has 2 nitrogen and oxygen atoms in total. The van der Waals surface area contributed by atoms with Gasteiger partial charge in [-0.3, -0.25) is 0 Å². The zero-order valence-corrected chi connectivity index (χ0v) is 9.78. The second-order valence-electron chi connectivity index (χ2n) is 5.09. The first-order valence-corrected chi connectivity index (χ1v) is 6.29. The molecule has 0 saturated heterocycles. The van der Waals surface area contributed by atoms with E-state index in [1.807, 2.05) is 24.3 Å². The molecule has 0 bridgehead atoms. The van der Waals surface area contributed by atoms with Crippen molar-refractivity contribution < 1.29 is 9.90 Å². The fraction of sp³-hybridized carbons (Fsp3) is 0.400. The molecule has 1 saturated carbocycles. The van der Waals surface area contributed by atoms with Crippen molar-refractivity contribution in [3.8, 4) is 0 Å². The van der Waals surface area contributed by atoms with E-state index in [9.17, 15) is 9.90 Å². The Morgan fingerprint density at radius 1 is 1.12 bits per heavy atom. The molecule has 1 fully saturated rings. The van der Waals surface area contributed by atoms with Gasteiger partial charge in [-0.25, -0.2) is 4.79 Å². The van der Waals surface area contributed by atoms with Gasteiger partial charge in [0.2, 0.25) is 0 Å². The smallest absolute Gasteiger partial charge is 0.332 e. The second kappa shape index (κ2) is 3.73. The Kier molecular flexibility index (Phi) is 2.32. The Bertz CT molecular complexity index is 493. The predicted octanol–water partition coefficient (Wildman–Crippen LogP) is 3.37. The minimum atomic E-state index is -0.747. The molecule has 3 rings (SSSR count). The molecular formula is C15H16O2. The fourth-order valence-corrected chi connectivity index (χ4v) is 3.46. The maximum absolute atomic E-state index is 11.5. The van der Waals surface area contributed by atoms with Crippen molar-refractivity contribution in [2.45, 2.75) is 37.5 Å². The molecule has 2 aliphatic carbocycles. The quantitative estimate of drug-likeness (QED) is 0.800. The predicted molar refractivity (Wildman–Crippen MR) is 66.8 cm³/mol. The number of hydrogen-bond acceptors (Lipinski definition) is 1. The normalized spacial score (nSPS) is 21.1. The minimum Gasteiger partial charge on any atom is -0.478 e. The first-order chi connectivity index (χ1) is 8.24. The summed E-state index contributed by atoms with van der Waals surface area (Å²) in [7, 11) is 0. The lowest BCUT2D eigenvalue weighted by Crippen LogP contribution is -2.32. The SMILES string of the molecule is O=C(O)C1=Cc2ccccc2C12CCCCC2. The summed E-state index contributed by atoms with van der Waals surface area (Å²) in [4.78, 5) is 11.5. The van der Waals surface area contributed by atoms with Crippen LogP contribution in [0.3, 0.4) is 0 Å². The highest BCUT2D eigenvalue weighted by Crippen LogP contribution is 2.50. The third-order valence-corrected chi connectivity index (χ3v) is 4.23. The molecule has 0 heterocycles. The van der Waals surface area contributed by atoms with Crippen LogP contribution in [0, 0.1) is 0 Å². The molecule has 0 aliphatic heterocycles. The van der Waals surface area contributed by atoms with Gasteiger partial charge in [0.25, 0.3) is 0 Å². The third kappa shape index (κ3) is 1.43. The van der Waals surface area contributed by atoms with Gasteiger partial charge in [0, 0.05) is 11.0 Å². The Morgan fingerprint density at radius 3 is 2.53 bits per heavy atom. The molecule has 2 aliphatic rings. The van der Waals surface area contributed by atoms with Gasteiger partial charge in [0.05, 0.1) is 0 Å². The van der Waals surface area contributed by atoms with E-state index < -0.39 is 5.97 Å². The number of carboxylic acids is 1. The molecular weight excluding hydrogens is 212 g/mol. The van der Waals surface area contributed by atoms with Crippen LogP contribution in [0.2, 0.25) is 0 Å². The first-order valence-electron chi connectivity index (χ1n) is 6.29. The number of carboxylic acid groups (broad SMARTS) is 1. The van der Waals surface area contributed by atoms with E-state index in [2.05, 4.69) is 6.07 Å². The van der Waals surface area contributed by atoms with E-state index in [0.29, 0.717) is 5.57 Å². The molecule has 1 aromatic rings. The summed E-state index contributed by atoms with van der Waals surface area (Å²) in [6.07, 6.45) is 7.36. The number of fused-ring (bicyclic) bond motifs is 2. The van der Waals surface area contributed by atoms with Crippen molar-refractivity contribution in [3.05, 3.63) is 41.0 Å². The standard InChI is InChI=1S/C15H16O2/c16-14(17)13-10-11-6-2-3-7-12(11)15(13)8-4-1-5-9-15/h2-3,6-7,10H,1,4-5,8-9H2,(H,16,17).